The number of benzene rings is 3. The van der Waals surface area contributed by atoms with Gasteiger partial charge in [-0.1, -0.05) is 54.1 Å². The van der Waals surface area contributed by atoms with Crippen LogP contribution in [0.4, 0.5) is 5.69 Å². The van der Waals surface area contributed by atoms with E-state index in [9.17, 15) is 9.59 Å². The molecule has 3 aromatic carbocycles. The summed E-state index contributed by atoms with van der Waals surface area (Å²) in [6, 6.07) is 22.4. The molecule has 0 aromatic heterocycles. The molecule has 0 radical (unpaired) electrons. The number of fused-ring (bicyclic) bond motifs is 1. The number of methoxy groups -OCH3 is 1. The third-order valence-corrected chi connectivity index (χ3v) is 4.88. The van der Waals surface area contributed by atoms with Gasteiger partial charge >= 0.3 is 5.97 Å². The smallest absolute Gasteiger partial charge is 0.337 e. The predicted molar refractivity (Wildman–Crippen MR) is 115 cm³/mol. The summed E-state index contributed by atoms with van der Waals surface area (Å²) < 4.78 is 10.6. The molecule has 0 saturated heterocycles. The van der Waals surface area contributed by atoms with Gasteiger partial charge in [0.1, 0.15) is 0 Å². The van der Waals surface area contributed by atoms with Gasteiger partial charge in [0.2, 0.25) is 0 Å². The largest absolute Gasteiger partial charge is 0.465 e. The van der Waals surface area contributed by atoms with Gasteiger partial charge in [-0.05, 0) is 48.4 Å². The highest BCUT2D eigenvalue weighted by atomic mass is 16.5. The number of carbonyl (C=O) groups is 2. The maximum absolute atomic E-state index is 13.3. The number of rotatable bonds is 4. The molecule has 1 amide bonds. The fourth-order valence-corrected chi connectivity index (χ4v) is 3.40. The molecule has 1 aliphatic heterocycles. The van der Waals surface area contributed by atoms with Crippen LogP contribution in [0.15, 0.2) is 78.6 Å². The number of esters is 1. The molecule has 0 unspecified atom stereocenters. The second-order valence-electron chi connectivity index (χ2n) is 7.07. The first-order valence-corrected chi connectivity index (χ1v) is 9.59. The molecular formula is C25H21NO4. The van der Waals surface area contributed by atoms with E-state index in [2.05, 4.69) is 6.07 Å². The minimum Gasteiger partial charge on any atom is -0.465 e. The Bertz CT molecular complexity index is 1130. The van der Waals surface area contributed by atoms with Gasteiger partial charge in [0.25, 0.3) is 5.91 Å². The topological polar surface area (TPSA) is 55.8 Å². The number of anilines is 1. The minimum atomic E-state index is -0.405. The van der Waals surface area contributed by atoms with Crippen molar-refractivity contribution in [3.8, 4) is 5.75 Å². The van der Waals surface area contributed by atoms with Crippen molar-refractivity contribution in [2.75, 3.05) is 12.0 Å². The Balaban J connectivity index is 1.68. The molecule has 30 heavy (non-hydrogen) atoms. The SMILES string of the molecule is COC(=O)c1ccc(/C=C2\Oc3ccccc3N(Cc3cccc(C)c3)C2=O)cc1. The van der Waals surface area contributed by atoms with Crippen LogP contribution in [0.5, 0.6) is 5.75 Å². The Morgan fingerprint density at radius 3 is 2.53 bits per heavy atom. The lowest BCUT2D eigenvalue weighted by Crippen LogP contribution is -2.36. The van der Waals surface area contributed by atoms with E-state index in [0.29, 0.717) is 17.9 Å². The molecule has 0 saturated carbocycles. The average molecular weight is 399 g/mol. The van der Waals surface area contributed by atoms with Crippen molar-refractivity contribution in [3.05, 3.63) is 101 Å². The highest BCUT2D eigenvalue weighted by Crippen LogP contribution is 2.36. The normalized spacial score (nSPS) is 14.3. The number of para-hydroxylation sites is 2. The van der Waals surface area contributed by atoms with Gasteiger partial charge < -0.3 is 9.47 Å². The molecule has 4 rings (SSSR count). The summed E-state index contributed by atoms with van der Waals surface area (Å²) >= 11 is 0. The zero-order valence-electron chi connectivity index (χ0n) is 16.8. The summed E-state index contributed by atoms with van der Waals surface area (Å²) in [4.78, 5) is 26.6. The highest BCUT2D eigenvalue weighted by molar-refractivity contribution is 6.09. The number of aryl methyl sites for hydroxylation is 1. The minimum absolute atomic E-state index is 0.216. The van der Waals surface area contributed by atoms with Gasteiger partial charge in [0, 0.05) is 0 Å². The van der Waals surface area contributed by atoms with E-state index in [1.54, 1.807) is 35.2 Å². The maximum Gasteiger partial charge on any atom is 0.337 e. The van der Waals surface area contributed by atoms with Crippen molar-refractivity contribution in [2.45, 2.75) is 13.5 Å². The second kappa shape index (κ2) is 8.25. The van der Waals surface area contributed by atoms with Crippen molar-refractivity contribution in [3.63, 3.8) is 0 Å². The summed E-state index contributed by atoms with van der Waals surface area (Å²) in [6.07, 6.45) is 1.68. The van der Waals surface area contributed by atoms with E-state index in [4.69, 9.17) is 9.47 Å². The number of nitrogens with zero attached hydrogens (tertiary/aromatic N) is 1. The molecular weight excluding hydrogens is 378 g/mol. The Hall–Kier alpha value is -3.86. The first kappa shape index (κ1) is 19.5. The summed E-state index contributed by atoms with van der Waals surface area (Å²) in [5.74, 6) is 0.235. The summed E-state index contributed by atoms with van der Waals surface area (Å²) in [5.41, 5.74) is 4.12. The van der Waals surface area contributed by atoms with Gasteiger partial charge in [-0.25, -0.2) is 4.79 Å². The third-order valence-electron chi connectivity index (χ3n) is 4.88. The van der Waals surface area contributed by atoms with Crippen LogP contribution in [-0.4, -0.2) is 19.0 Å². The molecule has 150 valence electrons. The van der Waals surface area contributed by atoms with Crippen LogP contribution in [0.3, 0.4) is 0 Å². The van der Waals surface area contributed by atoms with Crippen molar-refractivity contribution in [2.24, 2.45) is 0 Å². The quantitative estimate of drug-likeness (QED) is 0.469. The Labute approximate surface area is 175 Å². The van der Waals surface area contributed by atoms with Crippen LogP contribution in [-0.2, 0) is 16.1 Å². The van der Waals surface area contributed by atoms with Gasteiger partial charge in [-0.3, -0.25) is 9.69 Å². The van der Waals surface area contributed by atoms with Gasteiger partial charge in [0.15, 0.2) is 11.5 Å². The number of carbonyl (C=O) groups excluding carboxylic acids is 2. The molecule has 1 heterocycles. The molecule has 0 bridgehead atoms. The van der Waals surface area contributed by atoms with Crippen molar-refractivity contribution in [1.82, 2.24) is 0 Å². The number of amides is 1. The number of hydrogen-bond acceptors (Lipinski definition) is 4. The van der Waals surface area contributed by atoms with Crippen LogP contribution < -0.4 is 9.64 Å². The number of hydrogen-bond donors (Lipinski definition) is 0. The van der Waals surface area contributed by atoms with Gasteiger partial charge in [-0.15, -0.1) is 0 Å². The Morgan fingerprint density at radius 1 is 1.03 bits per heavy atom. The standard InChI is InChI=1S/C25H21NO4/c1-17-6-5-7-19(14-17)16-26-21-8-3-4-9-22(21)30-23(24(26)27)15-18-10-12-20(13-11-18)25(28)29-2/h3-15H,16H2,1-2H3/b23-15-. The van der Waals surface area contributed by atoms with E-state index in [1.165, 1.54) is 7.11 Å². The molecule has 5 heteroatoms. The summed E-state index contributed by atoms with van der Waals surface area (Å²) in [7, 11) is 1.34. The molecule has 5 nitrogen and oxygen atoms in total. The average Bonchev–Trinajstić information content (AvgIpc) is 2.76. The fourth-order valence-electron chi connectivity index (χ4n) is 3.40. The molecule has 0 aliphatic carbocycles. The lowest BCUT2D eigenvalue weighted by molar-refractivity contribution is -0.117. The Morgan fingerprint density at radius 2 is 1.80 bits per heavy atom. The van der Waals surface area contributed by atoms with E-state index in [0.717, 1.165) is 22.4 Å². The van der Waals surface area contributed by atoms with Gasteiger partial charge in [-0.2, -0.15) is 0 Å². The lowest BCUT2D eigenvalue weighted by atomic mass is 10.1. The molecule has 0 N–H and O–H groups in total. The lowest BCUT2D eigenvalue weighted by Gasteiger charge is -2.30. The van der Waals surface area contributed by atoms with Crippen LogP contribution in [0, 0.1) is 6.92 Å². The van der Waals surface area contributed by atoms with Crippen LogP contribution in [0.2, 0.25) is 0 Å². The third kappa shape index (κ3) is 3.96. The van der Waals surface area contributed by atoms with E-state index in [1.807, 2.05) is 49.4 Å². The van der Waals surface area contributed by atoms with E-state index in [-0.39, 0.29) is 11.7 Å². The molecule has 0 atom stereocenters. The monoisotopic (exact) mass is 399 g/mol. The zero-order chi connectivity index (χ0) is 21.1. The predicted octanol–water partition coefficient (Wildman–Crippen LogP) is 4.75. The summed E-state index contributed by atoms with van der Waals surface area (Å²) in [6.45, 7) is 2.47. The zero-order valence-corrected chi connectivity index (χ0v) is 16.8. The van der Waals surface area contributed by atoms with Gasteiger partial charge in [0.05, 0.1) is 24.9 Å². The molecule has 1 aliphatic rings. The van der Waals surface area contributed by atoms with Crippen LogP contribution >= 0.6 is 0 Å². The van der Waals surface area contributed by atoms with Crippen molar-refractivity contribution in [1.29, 1.82) is 0 Å². The first-order valence-electron chi connectivity index (χ1n) is 9.59. The molecule has 0 fully saturated rings. The molecule has 0 spiro atoms. The van der Waals surface area contributed by atoms with Crippen LogP contribution in [0.25, 0.3) is 6.08 Å². The first-order chi connectivity index (χ1) is 14.5. The van der Waals surface area contributed by atoms with Crippen molar-refractivity contribution >= 4 is 23.6 Å². The van der Waals surface area contributed by atoms with Crippen molar-refractivity contribution < 1.29 is 19.1 Å². The fraction of sp³-hybridized carbons (Fsp3) is 0.120. The van der Waals surface area contributed by atoms with E-state index >= 15 is 0 Å². The maximum atomic E-state index is 13.3. The second-order valence-corrected chi connectivity index (χ2v) is 7.07. The Kier molecular flexibility index (Phi) is 5.35. The highest BCUT2D eigenvalue weighted by Gasteiger charge is 2.30. The summed E-state index contributed by atoms with van der Waals surface area (Å²) in [5, 5.41) is 0. The van der Waals surface area contributed by atoms with Crippen LogP contribution in [0.1, 0.15) is 27.0 Å². The van der Waals surface area contributed by atoms with E-state index < -0.39 is 5.97 Å². The number of ether oxygens (including phenoxy) is 2. The molecule has 3 aromatic rings.